The maximum atomic E-state index is 12.7. The Kier molecular flexibility index (Phi) is 5.01. The third-order valence-corrected chi connectivity index (χ3v) is 3.86. The van der Waals surface area contributed by atoms with Crippen LogP contribution in [0.3, 0.4) is 0 Å². The molecule has 0 spiro atoms. The quantitative estimate of drug-likeness (QED) is 0.828. The lowest BCUT2D eigenvalue weighted by Crippen LogP contribution is -2.44. The summed E-state index contributed by atoms with van der Waals surface area (Å²) in [6.07, 6.45) is 0.0742. The Bertz CT molecular complexity index is 782. The van der Waals surface area contributed by atoms with E-state index >= 15 is 0 Å². The van der Waals surface area contributed by atoms with Crippen LogP contribution >= 0.6 is 0 Å². The predicted octanol–water partition coefficient (Wildman–Crippen LogP) is 2.28. The molecule has 1 unspecified atom stereocenters. The maximum absolute atomic E-state index is 12.7. The molecule has 1 amide bonds. The summed E-state index contributed by atoms with van der Waals surface area (Å²) >= 11 is 0. The van der Waals surface area contributed by atoms with Crippen LogP contribution in [0.2, 0.25) is 0 Å². The van der Waals surface area contributed by atoms with Crippen molar-refractivity contribution >= 4 is 5.91 Å². The number of aromatic nitrogens is 4. The van der Waals surface area contributed by atoms with Crippen LogP contribution in [0.1, 0.15) is 34.7 Å². The molecule has 0 aromatic carbocycles. The van der Waals surface area contributed by atoms with Crippen LogP contribution in [0.25, 0.3) is 0 Å². The fourth-order valence-electron chi connectivity index (χ4n) is 2.59. The highest BCUT2D eigenvalue weighted by molar-refractivity contribution is 5.92. The Hall–Kier alpha value is -2.78. The molecular formula is C16H16F3N5O2. The van der Waals surface area contributed by atoms with Gasteiger partial charge < -0.3 is 9.64 Å². The standard InChI is InChI=1S/C16H16F3N5O2/c1-10-7-22-12(8-21-10)14(25)24-6-2-3-11(9-24)26-15-20-5-4-13(23-15)16(17,18)19/h4-5,7-8,11H,2-3,6,9H2,1H3. The van der Waals surface area contributed by atoms with E-state index in [9.17, 15) is 18.0 Å². The molecule has 2 aromatic heterocycles. The molecule has 1 aliphatic heterocycles. The number of amides is 1. The zero-order valence-corrected chi connectivity index (χ0v) is 13.9. The lowest BCUT2D eigenvalue weighted by Gasteiger charge is -2.32. The number of rotatable bonds is 3. The summed E-state index contributed by atoms with van der Waals surface area (Å²) in [4.78, 5) is 29.2. The summed E-state index contributed by atoms with van der Waals surface area (Å²) in [6, 6.07) is 0.425. The SMILES string of the molecule is Cc1cnc(C(=O)N2CCCC(Oc3nccc(C(F)(F)F)n3)C2)cn1. The van der Waals surface area contributed by atoms with Crippen LogP contribution in [-0.4, -0.2) is 49.9 Å². The second-order valence-corrected chi connectivity index (χ2v) is 5.90. The highest BCUT2D eigenvalue weighted by atomic mass is 19.4. The lowest BCUT2D eigenvalue weighted by atomic mass is 10.1. The fourth-order valence-corrected chi connectivity index (χ4v) is 2.59. The molecule has 0 saturated carbocycles. The van der Waals surface area contributed by atoms with Gasteiger partial charge in [-0.15, -0.1) is 0 Å². The van der Waals surface area contributed by atoms with Gasteiger partial charge in [-0.3, -0.25) is 9.78 Å². The number of carbonyl (C=O) groups excluding carboxylic acids is 1. The van der Waals surface area contributed by atoms with E-state index in [0.29, 0.717) is 25.1 Å². The number of alkyl halides is 3. The normalized spacial score (nSPS) is 17.8. The molecule has 138 valence electrons. The van der Waals surface area contributed by atoms with Crippen molar-refractivity contribution in [2.24, 2.45) is 0 Å². The number of hydrogen-bond donors (Lipinski definition) is 0. The molecule has 0 N–H and O–H groups in total. The number of carbonyl (C=O) groups is 1. The minimum atomic E-state index is -4.57. The Balaban J connectivity index is 1.67. The topological polar surface area (TPSA) is 81.1 Å². The molecule has 10 heteroatoms. The van der Waals surface area contributed by atoms with E-state index in [1.54, 1.807) is 11.8 Å². The first-order chi connectivity index (χ1) is 12.3. The average Bonchev–Trinajstić information content (AvgIpc) is 2.61. The van der Waals surface area contributed by atoms with Gasteiger partial charge in [0.05, 0.1) is 18.4 Å². The van der Waals surface area contributed by atoms with E-state index in [0.717, 1.165) is 12.3 Å². The first-order valence-electron chi connectivity index (χ1n) is 7.98. The number of ether oxygens (including phenoxy) is 1. The molecule has 2 aromatic rings. The van der Waals surface area contributed by atoms with E-state index in [2.05, 4.69) is 19.9 Å². The molecule has 0 radical (unpaired) electrons. The summed E-state index contributed by atoms with van der Waals surface area (Å²) in [5.74, 6) is -0.296. The van der Waals surface area contributed by atoms with Crippen LogP contribution in [0, 0.1) is 6.92 Å². The number of piperidine rings is 1. The Morgan fingerprint density at radius 2 is 2.08 bits per heavy atom. The highest BCUT2D eigenvalue weighted by Crippen LogP contribution is 2.28. The van der Waals surface area contributed by atoms with Crippen molar-refractivity contribution in [2.45, 2.75) is 32.0 Å². The molecule has 0 aliphatic carbocycles. The van der Waals surface area contributed by atoms with Gasteiger partial charge in [0.25, 0.3) is 5.91 Å². The monoisotopic (exact) mass is 367 g/mol. The summed E-state index contributed by atoms with van der Waals surface area (Å²) in [6.45, 7) is 2.49. The Morgan fingerprint density at radius 3 is 2.77 bits per heavy atom. The van der Waals surface area contributed by atoms with Crippen molar-refractivity contribution in [2.75, 3.05) is 13.1 Å². The van der Waals surface area contributed by atoms with Crippen molar-refractivity contribution in [3.8, 4) is 6.01 Å². The highest BCUT2D eigenvalue weighted by Gasteiger charge is 2.33. The van der Waals surface area contributed by atoms with Crippen LogP contribution in [0.15, 0.2) is 24.7 Å². The van der Waals surface area contributed by atoms with Gasteiger partial charge in [-0.1, -0.05) is 0 Å². The predicted molar refractivity (Wildman–Crippen MR) is 83.4 cm³/mol. The summed E-state index contributed by atoms with van der Waals surface area (Å²) < 4.78 is 43.6. The summed E-state index contributed by atoms with van der Waals surface area (Å²) in [5, 5.41) is 0. The summed E-state index contributed by atoms with van der Waals surface area (Å²) in [7, 11) is 0. The van der Waals surface area contributed by atoms with Gasteiger partial charge in [0, 0.05) is 18.9 Å². The smallest absolute Gasteiger partial charge is 0.433 e. The van der Waals surface area contributed by atoms with Crippen molar-refractivity contribution < 1.29 is 22.7 Å². The van der Waals surface area contributed by atoms with Crippen molar-refractivity contribution in [3.05, 3.63) is 41.7 Å². The van der Waals surface area contributed by atoms with Gasteiger partial charge in [0.2, 0.25) is 0 Å². The summed E-state index contributed by atoms with van der Waals surface area (Å²) in [5.41, 5.74) is -0.157. The molecule has 0 bridgehead atoms. The molecule has 7 nitrogen and oxygen atoms in total. The molecule has 3 heterocycles. The molecule has 26 heavy (non-hydrogen) atoms. The fraction of sp³-hybridized carbons (Fsp3) is 0.438. The third kappa shape index (κ3) is 4.24. The number of nitrogens with zero attached hydrogens (tertiary/aromatic N) is 5. The van der Waals surface area contributed by atoms with Gasteiger partial charge in [0.15, 0.2) is 5.69 Å². The Labute approximate surface area is 147 Å². The van der Waals surface area contributed by atoms with E-state index in [4.69, 9.17) is 4.74 Å². The molecule has 1 aliphatic rings. The molecule has 1 saturated heterocycles. The van der Waals surface area contributed by atoms with Gasteiger partial charge in [-0.2, -0.15) is 18.2 Å². The minimum Gasteiger partial charge on any atom is -0.458 e. The van der Waals surface area contributed by atoms with E-state index < -0.39 is 18.0 Å². The first-order valence-corrected chi connectivity index (χ1v) is 7.98. The van der Waals surface area contributed by atoms with Crippen molar-refractivity contribution in [1.82, 2.24) is 24.8 Å². The van der Waals surface area contributed by atoms with Crippen LogP contribution in [0.5, 0.6) is 6.01 Å². The number of hydrogen-bond acceptors (Lipinski definition) is 6. The minimum absolute atomic E-state index is 0.214. The molecule has 1 atom stereocenters. The van der Waals surface area contributed by atoms with Crippen LogP contribution in [-0.2, 0) is 6.18 Å². The number of aryl methyl sites for hydroxylation is 1. The van der Waals surface area contributed by atoms with E-state index in [-0.39, 0.29) is 24.2 Å². The second-order valence-electron chi connectivity index (χ2n) is 5.90. The zero-order valence-electron chi connectivity index (χ0n) is 13.9. The average molecular weight is 367 g/mol. The van der Waals surface area contributed by atoms with E-state index in [1.165, 1.54) is 12.4 Å². The molecule has 3 rings (SSSR count). The van der Waals surface area contributed by atoms with Crippen molar-refractivity contribution in [1.29, 1.82) is 0 Å². The van der Waals surface area contributed by atoms with Crippen LogP contribution < -0.4 is 4.74 Å². The second kappa shape index (κ2) is 7.22. The van der Waals surface area contributed by atoms with E-state index in [1.807, 2.05) is 0 Å². The van der Waals surface area contributed by atoms with Gasteiger partial charge in [0.1, 0.15) is 11.8 Å². The largest absolute Gasteiger partial charge is 0.458 e. The zero-order chi connectivity index (χ0) is 18.7. The number of likely N-dealkylation sites (tertiary alicyclic amines) is 1. The van der Waals surface area contributed by atoms with Crippen LogP contribution in [0.4, 0.5) is 13.2 Å². The third-order valence-electron chi connectivity index (χ3n) is 3.86. The Morgan fingerprint density at radius 1 is 1.27 bits per heavy atom. The first kappa shape index (κ1) is 18.0. The lowest BCUT2D eigenvalue weighted by molar-refractivity contribution is -0.141. The number of halogens is 3. The molecule has 1 fully saturated rings. The van der Waals surface area contributed by atoms with Crippen molar-refractivity contribution in [3.63, 3.8) is 0 Å². The maximum Gasteiger partial charge on any atom is 0.433 e. The van der Waals surface area contributed by atoms with Gasteiger partial charge in [-0.25, -0.2) is 9.97 Å². The van der Waals surface area contributed by atoms with Gasteiger partial charge in [-0.05, 0) is 25.8 Å². The molecular weight excluding hydrogens is 351 g/mol. The van der Waals surface area contributed by atoms with Gasteiger partial charge >= 0.3 is 12.2 Å².